The second-order valence-corrected chi connectivity index (χ2v) is 12.8. The molecule has 15 heteroatoms. The van der Waals surface area contributed by atoms with Crippen molar-refractivity contribution < 1.29 is 35.4 Å². The van der Waals surface area contributed by atoms with Crippen LogP contribution in [0.25, 0.3) is 5.83 Å². The summed E-state index contributed by atoms with van der Waals surface area (Å²) in [6, 6.07) is 5.87. The molecule has 0 radical (unpaired) electrons. The van der Waals surface area contributed by atoms with Gasteiger partial charge in [0.2, 0.25) is 0 Å². The molecule has 0 bridgehead atoms. The molecule has 214 valence electrons. The number of nitrogens with one attached hydrogen (secondary N) is 1. The maximum absolute atomic E-state index is 15.2. The van der Waals surface area contributed by atoms with Crippen LogP contribution in [0.2, 0.25) is 15.1 Å². The van der Waals surface area contributed by atoms with Gasteiger partial charge in [-0.2, -0.15) is 0 Å². The Bertz CT molecular complexity index is 1310. The molecule has 0 saturated heterocycles. The van der Waals surface area contributed by atoms with Crippen LogP contribution in [0.15, 0.2) is 40.9 Å². The van der Waals surface area contributed by atoms with Gasteiger partial charge in [-0.25, -0.2) is 8.78 Å². The van der Waals surface area contributed by atoms with Crippen LogP contribution in [0.1, 0.15) is 47.2 Å². The average Bonchev–Trinajstić information content (AvgIpc) is 3.58. The molecule has 0 aromatic heterocycles. The molecule has 1 fully saturated rings. The topological polar surface area (TPSA) is 49.4 Å². The predicted molar refractivity (Wildman–Crippen MR) is 147 cm³/mol. The fourth-order valence-corrected chi connectivity index (χ4v) is 5.74. The molecule has 1 aliphatic rings. The molecule has 1 saturated carbocycles. The first kappa shape index (κ1) is 32.0. The van der Waals surface area contributed by atoms with Crippen LogP contribution in [0.3, 0.4) is 0 Å². The molecule has 4 nitrogen and oxygen atoms in total. The summed E-state index contributed by atoms with van der Waals surface area (Å²) in [5, 5.41) is 2.27. The molecule has 1 aliphatic carbocycles. The van der Waals surface area contributed by atoms with E-state index in [-0.39, 0.29) is 49.1 Å². The zero-order valence-corrected chi connectivity index (χ0v) is 25.1. The normalized spacial score (nSPS) is 16.5. The van der Waals surface area contributed by atoms with E-state index in [1.165, 1.54) is 18.2 Å². The number of nitrogens with zero attached hydrogens (tertiary/aromatic N) is 1. The van der Waals surface area contributed by atoms with Crippen molar-refractivity contribution in [3.8, 4) is 0 Å². The van der Waals surface area contributed by atoms with Gasteiger partial charge in [0.1, 0.15) is 0 Å². The molecule has 1 atom stereocenters. The molecule has 0 heterocycles. The van der Waals surface area contributed by atoms with Crippen LogP contribution in [-0.4, -0.2) is 41.5 Å². The van der Waals surface area contributed by atoms with Gasteiger partial charge in [0.15, 0.2) is 0 Å². The Morgan fingerprint density at radius 1 is 1.15 bits per heavy atom. The van der Waals surface area contributed by atoms with E-state index in [2.05, 4.69) is 21.2 Å². The molecule has 2 aromatic carbocycles. The Kier molecular flexibility index (Phi) is 9.65. The van der Waals surface area contributed by atoms with E-state index >= 15 is 4.39 Å². The van der Waals surface area contributed by atoms with Crippen molar-refractivity contribution in [3.05, 3.63) is 72.6 Å². The van der Waals surface area contributed by atoms with Gasteiger partial charge < -0.3 is 0 Å². The van der Waals surface area contributed by atoms with Crippen LogP contribution >= 0.6 is 58.9 Å². The minimum absolute atomic E-state index is 0.0351. The number of carbonyl (C=O) groups excluding carboxylic acids is 2. The summed E-state index contributed by atoms with van der Waals surface area (Å²) in [7, 11) is -5.02. The van der Waals surface area contributed by atoms with Gasteiger partial charge >= 0.3 is 150 Å². The second kappa shape index (κ2) is 11.8. The van der Waals surface area contributed by atoms with Crippen molar-refractivity contribution in [2.45, 2.75) is 37.1 Å². The number of rotatable bonds is 9. The molecule has 1 N–H and O–H groups in total. The van der Waals surface area contributed by atoms with Crippen molar-refractivity contribution >= 4 is 76.6 Å². The summed E-state index contributed by atoms with van der Waals surface area (Å²) < 4.78 is 82.6. The number of amides is 2. The molecule has 2 amide bonds. The number of benzene rings is 2. The monoisotopic (exact) mass is 698 g/mol. The number of alkyl halides is 2. The summed E-state index contributed by atoms with van der Waals surface area (Å²) in [5.74, 6) is -7.87. The molecular weight excluding hydrogens is 680 g/mol. The molecule has 2 aromatic rings. The van der Waals surface area contributed by atoms with Gasteiger partial charge in [-0.15, -0.1) is 0 Å². The number of halogens is 10. The van der Waals surface area contributed by atoms with Crippen LogP contribution in [-0.2, 0) is 4.79 Å². The molecule has 1 unspecified atom stereocenters. The summed E-state index contributed by atoms with van der Waals surface area (Å²) in [5.41, 5.74) is -1.71. The van der Waals surface area contributed by atoms with E-state index in [9.17, 15) is 31.0 Å². The third-order valence-electron chi connectivity index (χ3n) is 5.99. The van der Waals surface area contributed by atoms with Crippen LogP contribution < -0.4 is 5.32 Å². The second-order valence-electron chi connectivity index (χ2n) is 9.25. The Hall–Kier alpha value is -1.52. The average molecular weight is 701 g/mol. The fourth-order valence-electron chi connectivity index (χ4n) is 3.89. The van der Waals surface area contributed by atoms with E-state index in [0.717, 1.165) is 19.2 Å². The summed E-state index contributed by atoms with van der Waals surface area (Å²) in [6.45, 7) is 0.602. The van der Waals surface area contributed by atoms with E-state index in [4.69, 9.17) is 34.8 Å². The van der Waals surface area contributed by atoms with Crippen LogP contribution in [0, 0.1) is 0 Å². The van der Waals surface area contributed by atoms with Gasteiger partial charge in [-0.05, 0) is 17.7 Å². The SMILES string of the molecule is CN(C[PH](F)(F)F)C(=O)C1(NC(=O)c2ccc(/C(F)=C/C(c3cc(Cl)c(Cl)c(Cl)c3)C(C)(F)F)cc2Br)CC1. The van der Waals surface area contributed by atoms with Crippen molar-refractivity contribution in [2.75, 3.05) is 13.3 Å². The van der Waals surface area contributed by atoms with E-state index in [1.54, 1.807) is 0 Å². The molecule has 0 spiro atoms. The van der Waals surface area contributed by atoms with Crippen molar-refractivity contribution in [1.82, 2.24) is 10.2 Å². The first-order chi connectivity index (χ1) is 17.8. The Morgan fingerprint density at radius 3 is 2.18 bits per heavy atom. The first-order valence-corrected chi connectivity index (χ1v) is 15.0. The number of allylic oxidation sites excluding steroid dienone is 1. The van der Waals surface area contributed by atoms with Crippen LogP contribution in [0.4, 0.5) is 25.8 Å². The molecular formula is C24H21BrCl3F6N2O2P. The number of carbonyl (C=O) groups is 2. The molecule has 39 heavy (non-hydrogen) atoms. The maximum atomic E-state index is 15.2. The Labute approximate surface area is 244 Å². The van der Waals surface area contributed by atoms with E-state index in [1.807, 2.05) is 0 Å². The number of likely N-dealkylation sites (N-methyl/N-ethyl adjacent to an activating group) is 1. The quantitative estimate of drug-likeness (QED) is 0.161. The predicted octanol–water partition coefficient (Wildman–Crippen LogP) is 9.24. The number of hydrogen-bond acceptors (Lipinski definition) is 2. The van der Waals surface area contributed by atoms with Gasteiger partial charge in [0.25, 0.3) is 5.92 Å². The van der Waals surface area contributed by atoms with Gasteiger partial charge in [0, 0.05) is 6.92 Å². The summed E-state index contributed by atoms with van der Waals surface area (Å²) >= 11 is 20.9. The van der Waals surface area contributed by atoms with Crippen LogP contribution in [0.5, 0.6) is 0 Å². The van der Waals surface area contributed by atoms with Crippen molar-refractivity contribution in [1.29, 1.82) is 0 Å². The summed E-state index contributed by atoms with van der Waals surface area (Å²) in [6.07, 6.45) is -0.311. The first-order valence-electron chi connectivity index (χ1n) is 11.2. The Balaban J connectivity index is 1.84. The Morgan fingerprint density at radius 2 is 1.72 bits per heavy atom. The van der Waals surface area contributed by atoms with Gasteiger partial charge in [0.05, 0.1) is 21.0 Å². The zero-order valence-electron chi connectivity index (χ0n) is 20.2. The number of hydrogen-bond donors (Lipinski definition) is 1. The standard InChI is InChI=1S/C24H21BrCl3F6N2O2P/c1-23(30,31)15(13-8-17(26)20(28)18(27)9-13)10-19(29)12-3-4-14(16(25)7-12)21(37)35-24(5-6-24)22(38)36(2)11-39(32,33)34/h3-4,7-10,15,39H,5-6,11H2,1-2H3,(H,35,37)/b19-10-. The molecule has 3 rings (SSSR count). The fraction of sp³-hybridized carbons (Fsp3) is 0.333. The minimum atomic E-state index is -6.04. The third kappa shape index (κ3) is 7.82. The third-order valence-corrected chi connectivity index (χ3v) is 8.68. The van der Waals surface area contributed by atoms with Crippen molar-refractivity contribution in [3.63, 3.8) is 0 Å². The summed E-state index contributed by atoms with van der Waals surface area (Å²) in [4.78, 5) is 25.9. The zero-order chi connectivity index (χ0) is 29.5. The van der Waals surface area contributed by atoms with E-state index in [0.29, 0.717) is 17.9 Å². The van der Waals surface area contributed by atoms with Gasteiger partial charge in [-0.3, -0.25) is 0 Å². The van der Waals surface area contributed by atoms with E-state index < -0.39 is 49.5 Å². The molecule has 0 aliphatic heterocycles. The van der Waals surface area contributed by atoms with Gasteiger partial charge in [-0.1, -0.05) is 34.8 Å². The van der Waals surface area contributed by atoms with Crippen molar-refractivity contribution in [2.24, 2.45) is 0 Å².